The van der Waals surface area contributed by atoms with E-state index in [0.29, 0.717) is 0 Å². The lowest BCUT2D eigenvalue weighted by atomic mass is 10.1. The molecule has 1 rings (SSSR count). The van der Waals surface area contributed by atoms with Crippen LogP contribution in [0.4, 0.5) is 0 Å². The smallest absolute Gasteiger partial charge is 0.0108 e. The molecule has 0 atom stereocenters. The van der Waals surface area contributed by atoms with Crippen molar-refractivity contribution < 1.29 is 0 Å². The highest BCUT2D eigenvalue weighted by Crippen LogP contribution is 2.07. The molecule has 0 heterocycles. The molecule has 0 saturated heterocycles. The lowest BCUT2D eigenvalue weighted by Gasteiger charge is -1.98. The predicted octanol–water partition coefficient (Wildman–Crippen LogP) is 3.47. The maximum absolute atomic E-state index is 4.64. The molecule has 0 aliphatic carbocycles. The van der Waals surface area contributed by atoms with Crippen molar-refractivity contribution in [2.75, 3.05) is 6.38 Å². The molecule has 1 aromatic rings. The van der Waals surface area contributed by atoms with Crippen molar-refractivity contribution in [1.82, 2.24) is 0 Å². The Bertz CT molecular complexity index is 216. The number of halogens is 1. The quantitative estimate of drug-likeness (QED) is 0.523. The third kappa shape index (κ3) is 3.43. The Balaban J connectivity index is 0.000000461. The second-order valence-electron chi connectivity index (χ2n) is 2.59. The molecule has 0 N–H and O–H groups in total. The van der Waals surface area contributed by atoms with Gasteiger partial charge in [0.05, 0.1) is 0 Å². The van der Waals surface area contributed by atoms with Crippen molar-refractivity contribution in [3.8, 4) is 0 Å². The summed E-state index contributed by atoms with van der Waals surface area (Å²) in [5, 5.41) is 0. The number of rotatable bonds is 0. The van der Waals surface area contributed by atoms with Gasteiger partial charge in [0.15, 0.2) is 0 Å². The number of hydrogen-bond acceptors (Lipinski definition) is 0. The number of alkyl halides is 1. The summed E-state index contributed by atoms with van der Waals surface area (Å²) in [6.07, 6.45) is 1.47. The largest absolute Gasteiger partial charge is 0.130 e. The Hall–Kier alpha value is -0.490. The van der Waals surface area contributed by atoms with Crippen LogP contribution in [0.25, 0.3) is 0 Å². The van der Waals surface area contributed by atoms with Crippen LogP contribution in [0.1, 0.15) is 16.7 Å². The van der Waals surface area contributed by atoms with E-state index in [2.05, 4.69) is 50.6 Å². The molecule has 1 heteroatoms. The second kappa shape index (κ2) is 5.20. The van der Waals surface area contributed by atoms with Gasteiger partial charge >= 0.3 is 0 Å². The second-order valence-corrected chi connectivity index (χ2v) is 2.59. The van der Waals surface area contributed by atoms with Crippen LogP contribution in [-0.4, -0.2) is 6.38 Å². The van der Waals surface area contributed by atoms with E-state index in [4.69, 9.17) is 0 Å². The Morgan fingerprint density at radius 3 is 1.82 bits per heavy atom. The van der Waals surface area contributed by atoms with Crippen LogP contribution in [0.15, 0.2) is 18.2 Å². The first-order chi connectivity index (χ1) is 5.20. The van der Waals surface area contributed by atoms with Gasteiger partial charge in [0.25, 0.3) is 0 Å². The van der Waals surface area contributed by atoms with Crippen LogP contribution >= 0.6 is 11.6 Å². The fourth-order valence-electron chi connectivity index (χ4n) is 0.891. The van der Waals surface area contributed by atoms with Crippen LogP contribution in [0.3, 0.4) is 0 Å². The molecule has 1 aromatic carbocycles. The first kappa shape index (κ1) is 10.5. The van der Waals surface area contributed by atoms with E-state index in [0.717, 1.165) is 0 Å². The fourth-order valence-corrected chi connectivity index (χ4v) is 0.891. The average Bonchev–Trinajstić information content (AvgIpc) is 2.02. The summed E-state index contributed by atoms with van der Waals surface area (Å²) in [5.41, 5.74) is 4.11. The Morgan fingerprint density at radius 2 is 1.45 bits per heavy atom. The minimum Gasteiger partial charge on any atom is -0.130 e. The molecule has 0 aliphatic heterocycles. The van der Waals surface area contributed by atoms with Gasteiger partial charge in [-0.1, -0.05) is 23.8 Å². The summed E-state index contributed by atoms with van der Waals surface area (Å²) in [6, 6.07) is 6.50. The molecule has 0 nitrogen and oxygen atoms in total. The fraction of sp³-hybridized carbons (Fsp3) is 0.400. The zero-order valence-electron chi connectivity index (χ0n) is 7.61. The van der Waals surface area contributed by atoms with Crippen LogP contribution in [0.2, 0.25) is 0 Å². The molecule has 0 amide bonds. The Kier molecular flexibility index (Phi) is 4.97. The van der Waals surface area contributed by atoms with Gasteiger partial charge in [0, 0.05) is 6.38 Å². The van der Waals surface area contributed by atoms with E-state index in [9.17, 15) is 0 Å². The van der Waals surface area contributed by atoms with Crippen molar-refractivity contribution in [2.45, 2.75) is 20.8 Å². The van der Waals surface area contributed by atoms with E-state index in [1.54, 1.807) is 0 Å². The predicted molar refractivity (Wildman–Crippen MR) is 52.4 cm³/mol. The molecular formula is C10H15Cl. The summed E-state index contributed by atoms with van der Waals surface area (Å²) < 4.78 is 0. The molecule has 0 spiro atoms. The van der Waals surface area contributed by atoms with Crippen molar-refractivity contribution in [1.29, 1.82) is 0 Å². The highest BCUT2D eigenvalue weighted by molar-refractivity contribution is 6.15. The van der Waals surface area contributed by atoms with Gasteiger partial charge in [-0.25, -0.2) is 0 Å². The summed E-state index contributed by atoms with van der Waals surface area (Å²) >= 11 is 4.64. The molecule has 0 saturated carbocycles. The molecule has 11 heavy (non-hydrogen) atoms. The maximum atomic E-state index is 4.64. The van der Waals surface area contributed by atoms with Gasteiger partial charge in [0.1, 0.15) is 0 Å². The van der Waals surface area contributed by atoms with Crippen molar-refractivity contribution >= 4 is 11.6 Å². The molecule has 62 valence electrons. The Labute approximate surface area is 74.2 Å². The number of aryl methyl sites for hydroxylation is 3. The van der Waals surface area contributed by atoms with Gasteiger partial charge in [-0.05, 0) is 31.9 Å². The lowest BCUT2D eigenvalue weighted by molar-refractivity contribution is 1.30. The van der Waals surface area contributed by atoms with E-state index in [1.165, 1.54) is 23.1 Å². The standard InChI is InChI=1S/C9H12.CH3Cl/c1-7-4-5-8(2)9(3)6-7;1-2/h4-6H,1-3H3;1H3. The van der Waals surface area contributed by atoms with E-state index in [-0.39, 0.29) is 0 Å². The van der Waals surface area contributed by atoms with E-state index in [1.807, 2.05) is 0 Å². The summed E-state index contributed by atoms with van der Waals surface area (Å²) in [5.74, 6) is 0. The topological polar surface area (TPSA) is 0 Å². The van der Waals surface area contributed by atoms with Crippen molar-refractivity contribution in [3.05, 3.63) is 34.9 Å². The highest BCUT2D eigenvalue weighted by atomic mass is 35.5. The number of hydrogen-bond donors (Lipinski definition) is 0. The van der Waals surface area contributed by atoms with Gasteiger partial charge in [-0.15, -0.1) is 11.6 Å². The normalized spacial score (nSPS) is 8.45. The van der Waals surface area contributed by atoms with Crippen LogP contribution < -0.4 is 0 Å². The van der Waals surface area contributed by atoms with Gasteiger partial charge in [-0.2, -0.15) is 0 Å². The molecule has 0 unspecified atom stereocenters. The zero-order valence-corrected chi connectivity index (χ0v) is 8.37. The maximum Gasteiger partial charge on any atom is 0.0108 e. The molecular weight excluding hydrogens is 156 g/mol. The van der Waals surface area contributed by atoms with E-state index >= 15 is 0 Å². The monoisotopic (exact) mass is 170 g/mol. The summed E-state index contributed by atoms with van der Waals surface area (Å²) in [6.45, 7) is 6.39. The van der Waals surface area contributed by atoms with Gasteiger partial charge in [-0.3, -0.25) is 0 Å². The summed E-state index contributed by atoms with van der Waals surface area (Å²) in [7, 11) is 0. The molecule has 0 aromatic heterocycles. The van der Waals surface area contributed by atoms with E-state index < -0.39 is 0 Å². The lowest BCUT2D eigenvalue weighted by Crippen LogP contribution is -1.79. The van der Waals surface area contributed by atoms with Gasteiger partial charge in [0.2, 0.25) is 0 Å². The number of benzene rings is 1. The molecule has 0 radical (unpaired) electrons. The molecule has 0 fully saturated rings. The zero-order chi connectivity index (χ0) is 8.85. The third-order valence-corrected chi connectivity index (χ3v) is 1.66. The first-order valence-corrected chi connectivity index (χ1v) is 4.37. The molecule has 0 aliphatic rings. The SMILES string of the molecule is CCl.Cc1ccc(C)c(C)c1. The minimum atomic E-state index is 1.35. The van der Waals surface area contributed by atoms with Crippen LogP contribution in [0, 0.1) is 20.8 Å². The molecule has 0 bridgehead atoms. The van der Waals surface area contributed by atoms with Gasteiger partial charge < -0.3 is 0 Å². The van der Waals surface area contributed by atoms with Crippen molar-refractivity contribution in [2.24, 2.45) is 0 Å². The van der Waals surface area contributed by atoms with Crippen LogP contribution in [-0.2, 0) is 0 Å². The summed E-state index contributed by atoms with van der Waals surface area (Å²) in [4.78, 5) is 0. The Morgan fingerprint density at radius 1 is 0.909 bits per heavy atom. The van der Waals surface area contributed by atoms with Crippen LogP contribution in [0.5, 0.6) is 0 Å². The minimum absolute atomic E-state index is 1.35. The first-order valence-electron chi connectivity index (χ1n) is 3.62. The average molecular weight is 171 g/mol. The third-order valence-electron chi connectivity index (χ3n) is 1.66. The van der Waals surface area contributed by atoms with Crippen molar-refractivity contribution in [3.63, 3.8) is 0 Å². The highest BCUT2D eigenvalue weighted by Gasteiger charge is 1.89.